The van der Waals surface area contributed by atoms with Crippen molar-refractivity contribution in [1.29, 1.82) is 5.41 Å². The molecule has 0 saturated carbocycles. The Bertz CT molecular complexity index is 393. The van der Waals surface area contributed by atoms with Gasteiger partial charge < -0.3 is 10.6 Å². The number of anilines is 1. The quantitative estimate of drug-likeness (QED) is 0.613. The van der Waals surface area contributed by atoms with Gasteiger partial charge in [-0.3, -0.25) is 5.41 Å². The Kier molecular flexibility index (Phi) is 3.76. The summed E-state index contributed by atoms with van der Waals surface area (Å²) in [5, 5.41) is 7.22. The summed E-state index contributed by atoms with van der Waals surface area (Å²) in [6.45, 7) is -0.538. The number of alkyl halides is 2. The van der Waals surface area contributed by atoms with Crippen LogP contribution in [-0.4, -0.2) is 25.9 Å². The molecular weight excluding hydrogens is 219 g/mol. The van der Waals surface area contributed by atoms with Crippen LogP contribution in [0.5, 0.6) is 0 Å². The van der Waals surface area contributed by atoms with E-state index in [1.165, 1.54) is 24.1 Å². The number of benzene rings is 1. The highest BCUT2D eigenvalue weighted by atomic mass is 19.3. The summed E-state index contributed by atoms with van der Waals surface area (Å²) in [5.74, 6) is -1.17. The summed E-state index contributed by atoms with van der Waals surface area (Å²) >= 11 is 0. The van der Waals surface area contributed by atoms with Crippen LogP contribution in [0.15, 0.2) is 18.2 Å². The van der Waals surface area contributed by atoms with E-state index in [1.807, 2.05) is 0 Å². The highest BCUT2D eigenvalue weighted by molar-refractivity contribution is 6.00. The number of nitrogen functional groups attached to an aromatic ring is 1. The average molecular weight is 231 g/mol. The molecule has 0 aromatic heterocycles. The number of hydrogen-bond acceptors (Lipinski definition) is 2. The van der Waals surface area contributed by atoms with Gasteiger partial charge in [0.1, 0.15) is 11.7 Å². The molecule has 6 heteroatoms. The molecule has 1 aromatic rings. The van der Waals surface area contributed by atoms with Crippen LogP contribution in [0.1, 0.15) is 5.56 Å². The Balaban J connectivity index is 3.12. The van der Waals surface area contributed by atoms with Crippen LogP contribution in [0, 0.1) is 11.2 Å². The summed E-state index contributed by atoms with van der Waals surface area (Å²) in [5.41, 5.74) is 5.25. The van der Waals surface area contributed by atoms with Crippen LogP contribution in [0.3, 0.4) is 0 Å². The SMILES string of the molecule is CN(CC(F)F)c1cccc(F)c1C(=N)N. The number of hydrogen-bond donors (Lipinski definition) is 2. The summed E-state index contributed by atoms with van der Waals surface area (Å²) < 4.78 is 37.7. The first kappa shape index (κ1) is 12.4. The first-order valence-electron chi connectivity index (χ1n) is 4.55. The lowest BCUT2D eigenvalue weighted by molar-refractivity contribution is 0.156. The molecule has 3 N–H and O–H groups in total. The standard InChI is InChI=1S/C10H12F3N3/c1-16(5-8(12)13)7-4-2-3-6(11)9(7)10(14)15/h2-4,8H,5H2,1H3,(H3,14,15). The zero-order valence-electron chi connectivity index (χ0n) is 8.67. The minimum Gasteiger partial charge on any atom is -0.384 e. The number of nitrogens with one attached hydrogen (secondary N) is 1. The monoisotopic (exact) mass is 231 g/mol. The maximum Gasteiger partial charge on any atom is 0.255 e. The molecule has 3 nitrogen and oxygen atoms in total. The molecule has 0 atom stereocenters. The average Bonchev–Trinajstić information content (AvgIpc) is 2.15. The molecule has 0 radical (unpaired) electrons. The summed E-state index contributed by atoms with van der Waals surface area (Å²) in [6.07, 6.45) is -2.53. The largest absolute Gasteiger partial charge is 0.384 e. The zero-order chi connectivity index (χ0) is 12.3. The second-order valence-electron chi connectivity index (χ2n) is 3.32. The van der Waals surface area contributed by atoms with Crippen molar-refractivity contribution in [2.75, 3.05) is 18.5 Å². The van der Waals surface area contributed by atoms with Crippen LogP contribution in [0.2, 0.25) is 0 Å². The van der Waals surface area contributed by atoms with Gasteiger partial charge in [-0.15, -0.1) is 0 Å². The third-order valence-corrected chi connectivity index (χ3v) is 2.08. The van der Waals surface area contributed by atoms with Crippen molar-refractivity contribution < 1.29 is 13.2 Å². The lowest BCUT2D eigenvalue weighted by Gasteiger charge is -2.21. The Morgan fingerprint density at radius 3 is 2.62 bits per heavy atom. The van der Waals surface area contributed by atoms with Gasteiger partial charge in [0.15, 0.2) is 0 Å². The topological polar surface area (TPSA) is 53.1 Å². The third-order valence-electron chi connectivity index (χ3n) is 2.08. The highest BCUT2D eigenvalue weighted by Gasteiger charge is 2.16. The normalized spacial score (nSPS) is 10.6. The Labute approximate surface area is 91.2 Å². The molecule has 1 rings (SSSR count). The van der Waals surface area contributed by atoms with Crippen LogP contribution < -0.4 is 10.6 Å². The molecule has 0 aliphatic carbocycles. The molecule has 16 heavy (non-hydrogen) atoms. The minimum atomic E-state index is -2.53. The van der Waals surface area contributed by atoms with Crippen LogP contribution in [-0.2, 0) is 0 Å². The van der Waals surface area contributed by atoms with E-state index < -0.39 is 24.6 Å². The first-order valence-corrected chi connectivity index (χ1v) is 4.55. The molecule has 0 aliphatic heterocycles. The van der Waals surface area contributed by atoms with Gasteiger partial charge in [-0.2, -0.15) is 0 Å². The maximum absolute atomic E-state index is 13.4. The minimum absolute atomic E-state index is 0.148. The fraction of sp³-hybridized carbons (Fsp3) is 0.300. The van der Waals surface area contributed by atoms with Crippen molar-refractivity contribution in [1.82, 2.24) is 0 Å². The second kappa shape index (κ2) is 4.87. The molecule has 0 fully saturated rings. The summed E-state index contributed by atoms with van der Waals surface area (Å²) in [7, 11) is 1.40. The van der Waals surface area contributed by atoms with E-state index in [0.717, 1.165) is 6.07 Å². The van der Waals surface area contributed by atoms with Gasteiger partial charge >= 0.3 is 0 Å². The number of nitrogens with zero attached hydrogens (tertiary/aromatic N) is 1. The maximum atomic E-state index is 13.4. The first-order chi connectivity index (χ1) is 7.43. The predicted octanol–water partition coefficient (Wildman–Crippen LogP) is 1.81. The molecule has 0 unspecified atom stereocenters. The van der Waals surface area contributed by atoms with Crippen molar-refractivity contribution >= 4 is 11.5 Å². The Morgan fingerprint density at radius 2 is 2.12 bits per heavy atom. The van der Waals surface area contributed by atoms with Crippen molar-refractivity contribution in [3.8, 4) is 0 Å². The van der Waals surface area contributed by atoms with E-state index >= 15 is 0 Å². The van der Waals surface area contributed by atoms with E-state index in [-0.39, 0.29) is 11.3 Å². The van der Waals surface area contributed by atoms with Crippen LogP contribution in [0.4, 0.5) is 18.9 Å². The number of halogens is 3. The van der Waals surface area contributed by atoms with Gasteiger partial charge in [0.2, 0.25) is 0 Å². The van der Waals surface area contributed by atoms with Gasteiger partial charge in [0, 0.05) is 7.05 Å². The lowest BCUT2D eigenvalue weighted by Crippen LogP contribution is -2.27. The van der Waals surface area contributed by atoms with Crippen LogP contribution >= 0.6 is 0 Å². The van der Waals surface area contributed by atoms with E-state index in [1.54, 1.807) is 0 Å². The number of nitrogens with two attached hydrogens (primary N) is 1. The molecule has 0 amide bonds. The fourth-order valence-electron chi connectivity index (χ4n) is 1.40. The van der Waals surface area contributed by atoms with E-state index in [4.69, 9.17) is 11.1 Å². The zero-order valence-corrected chi connectivity index (χ0v) is 8.67. The molecule has 0 heterocycles. The molecule has 0 aliphatic rings. The van der Waals surface area contributed by atoms with Crippen LogP contribution in [0.25, 0.3) is 0 Å². The van der Waals surface area contributed by atoms with Gasteiger partial charge in [-0.25, -0.2) is 13.2 Å². The number of rotatable bonds is 4. The Hall–Kier alpha value is -1.72. The number of amidine groups is 1. The van der Waals surface area contributed by atoms with Crippen molar-refractivity contribution in [2.45, 2.75) is 6.43 Å². The van der Waals surface area contributed by atoms with Crippen molar-refractivity contribution in [2.24, 2.45) is 5.73 Å². The molecule has 0 bridgehead atoms. The predicted molar refractivity (Wildman–Crippen MR) is 56.7 cm³/mol. The van der Waals surface area contributed by atoms with E-state index in [9.17, 15) is 13.2 Å². The van der Waals surface area contributed by atoms with Gasteiger partial charge in [-0.05, 0) is 12.1 Å². The summed E-state index contributed by atoms with van der Waals surface area (Å²) in [6, 6.07) is 3.97. The van der Waals surface area contributed by atoms with Crippen molar-refractivity contribution in [3.05, 3.63) is 29.6 Å². The Morgan fingerprint density at radius 1 is 1.50 bits per heavy atom. The smallest absolute Gasteiger partial charge is 0.255 e. The summed E-state index contributed by atoms with van der Waals surface area (Å²) in [4.78, 5) is 1.17. The van der Waals surface area contributed by atoms with E-state index in [0.29, 0.717) is 0 Å². The fourth-order valence-corrected chi connectivity index (χ4v) is 1.40. The third kappa shape index (κ3) is 2.65. The molecule has 0 spiro atoms. The second-order valence-corrected chi connectivity index (χ2v) is 3.32. The van der Waals surface area contributed by atoms with E-state index in [2.05, 4.69) is 0 Å². The molecule has 88 valence electrons. The lowest BCUT2D eigenvalue weighted by atomic mass is 10.1. The highest BCUT2D eigenvalue weighted by Crippen LogP contribution is 2.22. The van der Waals surface area contributed by atoms with Gasteiger partial charge in [-0.1, -0.05) is 6.07 Å². The van der Waals surface area contributed by atoms with Gasteiger partial charge in [0.25, 0.3) is 6.43 Å². The van der Waals surface area contributed by atoms with Gasteiger partial charge in [0.05, 0.1) is 17.8 Å². The molecule has 0 saturated heterocycles. The van der Waals surface area contributed by atoms with Crippen molar-refractivity contribution in [3.63, 3.8) is 0 Å². The molecular formula is C10H12F3N3. The molecule has 1 aromatic carbocycles.